The fraction of sp³-hybridized carbons (Fsp3) is 0.474. The number of hydrogen-bond donors (Lipinski definition) is 1. The maximum atomic E-state index is 12.4. The maximum absolute atomic E-state index is 12.4. The van der Waals surface area contributed by atoms with Crippen LogP contribution in [0.15, 0.2) is 36.9 Å². The van der Waals surface area contributed by atoms with E-state index in [4.69, 9.17) is 4.74 Å². The lowest BCUT2D eigenvalue weighted by atomic mass is 9.97. The summed E-state index contributed by atoms with van der Waals surface area (Å²) in [6, 6.07) is 7.31. The fourth-order valence-electron chi connectivity index (χ4n) is 3.10. The molecule has 0 saturated carbocycles. The number of nitrogens with one attached hydrogen (secondary N) is 1. The molecule has 0 bridgehead atoms. The molecule has 1 aromatic carbocycles. The highest BCUT2D eigenvalue weighted by Crippen LogP contribution is 2.22. The minimum Gasteiger partial charge on any atom is -0.484 e. The molecule has 0 radical (unpaired) electrons. The van der Waals surface area contributed by atoms with Gasteiger partial charge in [-0.3, -0.25) is 9.59 Å². The molecule has 0 spiro atoms. The largest absolute Gasteiger partial charge is 0.484 e. The van der Waals surface area contributed by atoms with Crippen LogP contribution in [0.4, 0.5) is 0 Å². The molecule has 0 aromatic heterocycles. The second kappa shape index (κ2) is 8.52. The second-order valence-electron chi connectivity index (χ2n) is 6.24. The van der Waals surface area contributed by atoms with E-state index < -0.39 is 0 Å². The van der Waals surface area contributed by atoms with Crippen LogP contribution in [-0.2, 0) is 4.79 Å². The van der Waals surface area contributed by atoms with E-state index in [2.05, 4.69) is 25.7 Å². The molecule has 1 aliphatic rings. The van der Waals surface area contributed by atoms with Crippen molar-refractivity contribution in [2.24, 2.45) is 0 Å². The van der Waals surface area contributed by atoms with Crippen molar-refractivity contribution in [3.8, 4) is 5.75 Å². The van der Waals surface area contributed by atoms with Crippen LogP contribution in [0, 0.1) is 0 Å². The predicted molar refractivity (Wildman–Crippen MR) is 94.1 cm³/mol. The standard InChI is InChI=1S/C19H26N2O3/c1-4-12-20-19(23)16-8-10-17(11-9-16)24-13-18(22)21-14(2)6-5-7-15(21)3/h4,8-11,14-15H,1,5-7,12-13H2,2-3H3,(H,20,23)/t14-,15-/m1/s1. The Balaban J connectivity index is 1.88. The SMILES string of the molecule is C=CCNC(=O)c1ccc(OCC(=O)N2[C@H](C)CCC[C@H]2C)cc1. The number of hydrogen-bond acceptors (Lipinski definition) is 3. The molecular weight excluding hydrogens is 304 g/mol. The lowest BCUT2D eigenvalue weighted by molar-refractivity contribution is -0.139. The van der Waals surface area contributed by atoms with Crippen LogP contribution in [0.1, 0.15) is 43.5 Å². The summed E-state index contributed by atoms with van der Waals surface area (Å²) in [5.41, 5.74) is 0.550. The van der Waals surface area contributed by atoms with Gasteiger partial charge in [0.25, 0.3) is 11.8 Å². The van der Waals surface area contributed by atoms with Gasteiger partial charge in [-0.2, -0.15) is 0 Å². The van der Waals surface area contributed by atoms with Crippen LogP contribution in [0.25, 0.3) is 0 Å². The van der Waals surface area contributed by atoms with E-state index in [1.165, 1.54) is 6.42 Å². The number of carbonyl (C=O) groups is 2. The zero-order chi connectivity index (χ0) is 17.5. The summed E-state index contributed by atoms with van der Waals surface area (Å²) in [6.45, 7) is 8.19. The highest BCUT2D eigenvalue weighted by Gasteiger charge is 2.28. The van der Waals surface area contributed by atoms with Crippen molar-refractivity contribution >= 4 is 11.8 Å². The topological polar surface area (TPSA) is 58.6 Å². The first-order valence-corrected chi connectivity index (χ1v) is 8.46. The predicted octanol–water partition coefficient (Wildman–Crippen LogP) is 2.77. The van der Waals surface area contributed by atoms with E-state index in [0.717, 1.165) is 12.8 Å². The Morgan fingerprint density at radius 2 is 1.88 bits per heavy atom. The number of rotatable bonds is 6. The summed E-state index contributed by atoms with van der Waals surface area (Å²) in [7, 11) is 0. The number of ether oxygens (including phenoxy) is 1. The molecule has 2 atom stereocenters. The van der Waals surface area contributed by atoms with Gasteiger partial charge in [0.1, 0.15) is 5.75 Å². The average molecular weight is 330 g/mol. The lowest BCUT2D eigenvalue weighted by Crippen LogP contribution is -2.49. The Labute approximate surface area is 143 Å². The molecule has 1 aliphatic heterocycles. The Morgan fingerprint density at radius 3 is 2.46 bits per heavy atom. The van der Waals surface area contributed by atoms with Gasteiger partial charge in [-0.25, -0.2) is 0 Å². The summed E-state index contributed by atoms with van der Waals surface area (Å²) >= 11 is 0. The van der Waals surface area contributed by atoms with E-state index in [1.807, 2.05) is 4.90 Å². The minimum absolute atomic E-state index is 0.0162. The molecule has 1 N–H and O–H groups in total. The Bertz CT molecular complexity index is 573. The number of carbonyl (C=O) groups excluding carboxylic acids is 2. The third-order valence-corrected chi connectivity index (χ3v) is 4.37. The van der Waals surface area contributed by atoms with Gasteiger partial charge in [-0.15, -0.1) is 6.58 Å². The minimum atomic E-state index is -0.159. The number of nitrogens with zero attached hydrogens (tertiary/aromatic N) is 1. The third-order valence-electron chi connectivity index (χ3n) is 4.37. The quantitative estimate of drug-likeness (QED) is 0.816. The first kappa shape index (κ1) is 18.0. The fourth-order valence-corrected chi connectivity index (χ4v) is 3.10. The molecule has 1 fully saturated rings. The smallest absolute Gasteiger partial charge is 0.260 e. The number of amides is 2. The number of benzene rings is 1. The number of likely N-dealkylation sites (tertiary alicyclic amines) is 1. The summed E-state index contributed by atoms with van der Waals surface area (Å²) in [4.78, 5) is 26.1. The zero-order valence-corrected chi connectivity index (χ0v) is 14.5. The van der Waals surface area contributed by atoms with Gasteiger partial charge in [0.05, 0.1) is 0 Å². The van der Waals surface area contributed by atoms with Gasteiger partial charge in [0, 0.05) is 24.2 Å². The Morgan fingerprint density at radius 1 is 1.25 bits per heavy atom. The van der Waals surface area contributed by atoms with Crippen molar-refractivity contribution in [1.29, 1.82) is 0 Å². The highest BCUT2D eigenvalue weighted by atomic mass is 16.5. The van der Waals surface area contributed by atoms with Crippen LogP contribution >= 0.6 is 0 Å². The average Bonchev–Trinajstić information content (AvgIpc) is 2.58. The molecule has 0 aliphatic carbocycles. The van der Waals surface area contributed by atoms with Crippen molar-refractivity contribution in [2.75, 3.05) is 13.2 Å². The van der Waals surface area contributed by atoms with Crippen molar-refractivity contribution in [2.45, 2.75) is 45.2 Å². The zero-order valence-electron chi connectivity index (χ0n) is 14.5. The molecular formula is C19H26N2O3. The summed E-state index contributed by atoms with van der Waals surface area (Å²) < 4.78 is 5.59. The first-order valence-electron chi connectivity index (χ1n) is 8.46. The van der Waals surface area contributed by atoms with Crippen LogP contribution in [0.3, 0.4) is 0 Å². The van der Waals surface area contributed by atoms with Crippen molar-refractivity contribution in [3.63, 3.8) is 0 Å². The van der Waals surface area contributed by atoms with Gasteiger partial charge in [0.15, 0.2) is 6.61 Å². The van der Waals surface area contributed by atoms with Gasteiger partial charge in [-0.1, -0.05) is 6.08 Å². The van der Waals surface area contributed by atoms with E-state index >= 15 is 0 Å². The van der Waals surface area contributed by atoms with E-state index in [1.54, 1.807) is 30.3 Å². The van der Waals surface area contributed by atoms with E-state index in [-0.39, 0.29) is 30.5 Å². The first-order chi connectivity index (χ1) is 11.5. The van der Waals surface area contributed by atoms with Crippen LogP contribution < -0.4 is 10.1 Å². The molecule has 0 unspecified atom stereocenters. The van der Waals surface area contributed by atoms with Crippen LogP contribution in [-0.4, -0.2) is 41.9 Å². The van der Waals surface area contributed by atoms with Gasteiger partial charge in [0.2, 0.25) is 0 Å². The maximum Gasteiger partial charge on any atom is 0.260 e. The molecule has 130 valence electrons. The van der Waals surface area contributed by atoms with E-state index in [9.17, 15) is 9.59 Å². The van der Waals surface area contributed by atoms with Crippen molar-refractivity contribution in [3.05, 3.63) is 42.5 Å². The van der Waals surface area contributed by atoms with Gasteiger partial charge < -0.3 is 15.0 Å². The highest BCUT2D eigenvalue weighted by molar-refractivity contribution is 5.94. The van der Waals surface area contributed by atoms with Crippen LogP contribution in [0.5, 0.6) is 5.75 Å². The summed E-state index contributed by atoms with van der Waals surface area (Å²) in [5.74, 6) is 0.442. The van der Waals surface area contributed by atoms with Crippen molar-refractivity contribution < 1.29 is 14.3 Å². The summed E-state index contributed by atoms with van der Waals surface area (Å²) in [6.07, 6.45) is 4.89. The molecule has 1 heterocycles. The summed E-state index contributed by atoms with van der Waals surface area (Å²) in [5, 5.41) is 2.71. The van der Waals surface area contributed by atoms with Crippen molar-refractivity contribution in [1.82, 2.24) is 10.2 Å². The van der Waals surface area contributed by atoms with Gasteiger partial charge >= 0.3 is 0 Å². The Hall–Kier alpha value is -2.30. The molecule has 5 heteroatoms. The third kappa shape index (κ3) is 4.60. The number of piperidine rings is 1. The normalized spacial score (nSPS) is 20.3. The molecule has 2 amide bonds. The molecule has 5 nitrogen and oxygen atoms in total. The second-order valence-corrected chi connectivity index (χ2v) is 6.24. The molecule has 2 rings (SSSR count). The van der Waals surface area contributed by atoms with Crippen LogP contribution in [0.2, 0.25) is 0 Å². The molecule has 24 heavy (non-hydrogen) atoms. The molecule has 1 aromatic rings. The Kier molecular flexibility index (Phi) is 6.41. The molecule has 1 saturated heterocycles. The monoisotopic (exact) mass is 330 g/mol. The lowest BCUT2D eigenvalue weighted by Gasteiger charge is -2.38. The van der Waals surface area contributed by atoms with E-state index in [0.29, 0.717) is 17.9 Å². The van der Waals surface area contributed by atoms with Gasteiger partial charge in [-0.05, 0) is 57.4 Å².